The molecule has 1 aromatic rings. The average Bonchev–Trinajstić information content (AvgIpc) is 2.38. The summed E-state index contributed by atoms with van der Waals surface area (Å²) in [5.41, 5.74) is -0.165. The minimum atomic E-state index is -2.69. The molecule has 0 saturated carbocycles. The van der Waals surface area contributed by atoms with Crippen molar-refractivity contribution < 1.29 is 13.2 Å². The largest absolute Gasteiger partial charge is 0.380 e. The smallest absolute Gasteiger partial charge is 0.278 e. The molecule has 0 unspecified atom stereocenters. The lowest BCUT2D eigenvalue weighted by Crippen LogP contribution is -2.23. The van der Waals surface area contributed by atoms with E-state index in [1.807, 2.05) is 0 Å². The summed E-state index contributed by atoms with van der Waals surface area (Å²) in [7, 11) is 0. The topological polar surface area (TPSA) is 35.8 Å². The molecule has 0 atom stereocenters. The van der Waals surface area contributed by atoms with Crippen LogP contribution in [0.15, 0.2) is 36.0 Å². The van der Waals surface area contributed by atoms with Crippen LogP contribution in [0.1, 0.15) is 11.1 Å². The third-order valence-corrected chi connectivity index (χ3v) is 2.62. The van der Waals surface area contributed by atoms with Crippen LogP contribution in [0.4, 0.5) is 13.2 Å². The lowest BCUT2D eigenvalue weighted by atomic mass is 9.96. The van der Waals surface area contributed by atoms with Crippen molar-refractivity contribution in [2.75, 3.05) is 6.54 Å². The molecule has 1 aromatic carbocycles. The normalized spacial score (nSPS) is 14.6. The Kier molecular flexibility index (Phi) is 3.38. The number of dihydropyridines is 1. The number of nitrogens with zero attached hydrogens (tertiary/aromatic N) is 1. The molecule has 2 rings (SSSR count). The van der Waals surface area contributed by atoms with Gasteiger partial charge in [-0.1, -0.05) is 24.3 Å². The maximum absolute atomic E-state index is 13.5. The molecule has 18 heavy (non-hydrogen) atoms. The number of allylic oxidation sites excluding steroid dienone is 3. The van der Waals surface area contributed by atoms with Gasteiger partial charge in [-0.3, -0.25) is 0 Å². The van der Waals surface area contributed by atoms with Crippen molar-refractivity contribution in [2.24, 2.45) is 0 Å². The number of benzene rings is 1. The summed E-state index contributed by atoms with van der Waals surface area (Å²) in [5, 5.41) is 11.5. The Morgan fingerprint density at radius 3 is 2.78 bits per heavy atom. The second-order valence-electron chi connectivity index (χ2n) is 3.69. The zero-order chi connectivity index (χ0) is 13.1. The standard InChI is InChI=1S/C13H9F3N2/c14-11-5-1-3-8(10(11)7-17)9-4-2-6-18-12(9)13(15)16/h1-5,13,18H,6H2. The van der Waals surface area contributed by atoms with Crippen molar-refractivity contribution in [3.05, 3.63) is 53.0 Å². The molecule has 0 fully saturated rings. The lowest BCUT2D eigenvalue weighted by Gasteiger charge is -2.18. The molecule has 0 aromatic heterocycles. The van der Waals surface area contributed by atoms with E-state index >= 15 is 0 Å². The van der Waals surface area contributed by atoms with Gasteiger partial charge in [0.05, 0.1) is 11.3 Å². The van der Waals surface area contributed by atoms with Gasteiger partial charge in [-0.15, -0.1) is 0 Å². The summed E-state index contributed by atoms with van der Waals surface area (Å²) in [6, 6.07) is 5.68. The van der Waals surface area contributed by atoms with Crippen molar-refractivity contribution in [2.45, 2.75) is 6.43 Å². The minimum Gasteiger partial charge on any atom is -0.380 e. The van der Waals surface area contributed by atoms with E-state index in [0.29, 0.717) is 6.54 Å². The van der Waals surface area contributed by atoms with Gasteiger partial charge >= 0.3 is 0 Å². The highest BCUT2D eigenvalue weighted by molar-refractivity contribution is 5.81. The second kappa shape index (κ2) is 4.96. The predicted octanol–water partition coefficient (Wildman–Crippen LogP) is 2.83. The molecule has 0 saturated heterocycles. The first-order valence-electron chi connectivity index (χ1n) is 5.27. The van der Waals surface area contributed by atoms with Gasteiger partial charge in [0.25, 0.3) is 6.43 Å². The Labute approximate surface area is 102 Å². The third-order valence-electron chi connectivity index (χ3n) is 2.62. The van der Waals surface area contributed by atoms with E-state index in [2.05, 4.69) is 5.32 Å². The molecule has 5 heteroatoms. The first-order valence-corrected chi connectivity index (χ1v) is 5.27. The van der Waals surface area contributed by atoms with Gasteiger partial charge in [-0.05, 0) is 6.07 Å². The van der Waals surface area contributed by atoms with Crippen LogP contribution in [-0.2, 0) is 0 Å². The molecule has 0 radical (unpaired) electrons. The summed E-state index contributed by atoms with van der Waals surface area (Å²) >= 11 is 0. The number of rotatable bonds is 2. The highest BCUT2D eigenvalue weighted by Crippen LogP contribution is 2.28. The van der Waals surface area contributed by atoms with Gasteiger partial charge in [-0.2, -0.15) is 5.26 Å². The Balaban J connectivity index is 2.64. The fraction of sp³-hybridized carbons (Fsp3) is 0.154. The Bertz CT molecular complexity index is 568. The SMILES string of the molecule is N#Cc1c(F)cccc1C1=C(C(F)F)NCC=C1. The number of hydrogen-bond acceptors (Lipinski definition) is 2. The fourth-order valence-corrected chi connectivity index (χ4v) is 1.82. The van der Waals surface area contributed by atoms with Gasteiger partial charge < -0.3 is 5.32 Å². The molecule has 0 amide bonds. The molecular formula is C13H9F3N2. The first-order chi connectivity index (χ1) is 8.65. The van der Waals surface area contributed by atoms with Gasteiger partial charge in [0.1, 0.15) is 11.9 Å². The Morgan fingerprint density at radius 1 is 1.33 bits per heavy atom. The first kappa shape index (κ1) is 12.2. The molecule has 92 valence electrons. The van der Waals surface area contributed by atoms with E-state index in [1.54, 1.807) is 12.1 Å². The van der Waals surface area contributed by atoms with E-state index in [9.17, 15) is 13.2 Å². The average molecular weight is 250 g/mol. The number of nitriles is 1. The Morgan fingerprint density at radius 2 is 2.11 bits per heavy atom. The molecule has 1 aliphatic heterocycles. The number of nitrogens with one attached hydrogen (secondary N) is 1. The monoisotopic (exact) mass is 250 g/mol. The summed E-state index contributed by atoms with van der Waals surface area (Å²) in [6.07, 6.45) is 0.431. The van der Waals surface area contributed by atoms with Crippen molar-refractivity contribution in [1.29, 1.82) is 5.26 Å². The van der Waals surface area contributed by atoms with E-state index in [-0.39, 0.29) is 22.4 Å². The fourth-order valence-electron chi connectivity index (χ4n) is 1.82. The van der Waals surface area contributed by atoms with E-state index in [1.165, 1.54) is 18.2 Å². The molecule has 1 aliphatic rings. The van der Waals surface area contributed by atoms with Crippen LogP contribution < -0.4 is 5.32 Å². The lowest BCUT2D eigenvalue weighted by molar-refractivity contribution is 0.181. The summed E-state index contributed by atoms with van der Waals surface area (Å²) < 4.78 is 39.2. The van der Waals surface area contributed by atoms with Gasteiger partial charge in [0, 0.05) is 17.7 Å². The summed E-state index contributed by atoms with van der Waals surface area (Å²) in [4.78, 5) is 0. The highest BCUT2D eigenvalue weighted by atomic mass is 19.3. The molecule has 0 spiro atoms. The number of halogens is 3. The molecule has 1 N–H and O–H groups in total. The van der Waals surface area contributed by atoms with Crippen molar-refractivity contribution in [3.63, 3.8) is 0 Å². The summed E-state index contributed by atoms with van der Waals surface area (Å²) in [6.45, 7) is 0.292. The van der Waals surface area contributed by atoms with Crippen molar-refractivity contribution in [1.82, 2.24) is 5.32 Å². The van der Waals surface area contributed by atoms with Crippen LogP contribution in [0.3, 0.4) is 0 Å². The van der Waals surface area contributed by atoms with E-state index in [4.69, 9.17) is 5.26 Å². The minimum absolute atomic E-state index is 0.160. The van der Waals surface area contributed by atoms with Crippen LogP contribution >= 0.6 is 0 Å². The van der Waals surface area contributed by atoms with Crippen LogP contribution in [0, 0.1) is 17.1 Å². The van der Waals surface area contributed by atoms with Crippen LogP contribution in [0.2, 0.25) is 0 Å². The molecule has 2 nitrogen and oxygen atoms in total. The van der Waals surface area contributed by atoms with Gasteiger partial charge in [0.15, 0.2) is 0 Å². The molecule has 1 heterocycles. The van der Waals surface area contributed by atoms with Crippen LogP contribution in [0.5, 0.6) is 0 Å². The van der Waals surface area contributed by atoms with Crippen LogP contribution in [0.25, 0.3) is 5.57 Å². The van der Waals surface area contributed by atoms with Crippen molar-refractivity contribution in [3.8, 4) is 6.07 Å². The van der Waals surface area contributed by atoms with Crippen LogP contribution in [-0.4, -0.2) is 13.0 Å². The van der Waals surface area contributed by atoms with Gasteiger partial charge in [-0.25, -0.2) is 13.2 Å². The maximum Gasteiger partial charge on any atom is 0.278 e. The Hall–Kier alpha value is -2.22. The predicted molar refractivity (Wildman–Crippen MR) is 61.2 cm³/mol. The molecular weight excluding hydrogens is 241 g/mol. The molecule has 0 aliphatic carbocycles. The highest BCUT2D eigenvalue weighted by Gasteiger charge is 2.21. The number of hydrogen-bond donors (Lipinski definition) is 1. The maximum atomic E-state index is 13.5. The van der Waals surface area contributed by atoms with Crippen molar-refractivity contribution >= 4 is 5.57 Å². The third kappa shape index (κ3) is 2.09. The van der Waals surface area contributed by atoms with E-state index < -0.39 is 12.2 Å². The summed E-state index contributed by atoms with van der Waals surface area (Å²) in [5.74, 6) is -0.713. The number of alkyl halides is 2. The zero-order valence-electron chi connectivity index (χ0n) is 9.25. The second-order valence-corrected chi connectivity index (χ2v) is 3.69. The zero-order valence-corrected chi connectivity index (χ0v) is 9.25. The molecule has 0 bridgehead atoms. The van der Waals surface area contributed by atoms with E-state index in [0.717, 1.165) is 6.07 Å². The van der Waals surface area contributed by atoms with Gasteiger partial charge in [0.2, 0.25) is 0 Å². The quantitative estimate of drug-likeness (QED) is 0.876.